The van der Waals surface area contributed by atoms with Crippen LogP contribution in [0.15, 0.2) is 0 Å². The molecule has 1 saturated carbocycles. The van der Waals surface area contributed by atoms with Crippen LogP contribution in [0.25, 0.3) is 0 Å². The van der Waals surface area contributed by atoms with Gasteiger partial charge in [0.2, 0.25) is 0 Å². The third-order valence-corrected chi connectivity index (χ3v) is 3.64. The molecule has 4 nitrogen and oxygen atoms in total. The van der Waals surface area contributed by atoms with E-state index >= 15 is 0 Å². The molecule has 16 heavy (non-hydrogen) atoms. The van der Waals surface area contributed by atoms with Crippen LogP contribution >= 0.6 is 0 Å². The van der Waals surface area contributed by atoms with E-state index < -0.39 is 0 Å². The zero-order chi connectivity index (χ0) is 12.0. The maximum absolute atomic E-state index is 5.42. The van der Waals surface area contributed by atoms with E-state index in [0.717, 1.165) is 32.7 Å². The molecule has 2 N–H and O–H groups in total. The van der Waals surface area contributed by atoms with Gasteiger partial charge in [0.25, 0.3) is 0 Å². The Bertz CT molecular complexity index is 197. The second-order valence-electron chi connectivity index (χ2n) is 5.03. The van der Waals surface area contributed by atoms with E-state index in [4.69, 9.17) is 9.47 Å². The summed E-state index contributed by atoms with van der Waals surface area (Å²) in [5.74, 6) is 0. The molecule has 1 rings (SSSR count). The highest BCUT2D eigenvalue weighted by Gasteiger charge is 2.47. The zero-order valence-electron chi connectivity index (χ0n) is 11.0. The fraction of sp³-hybridized carbons (Fsp3) is 1.00. The van der Waals surface area contributed by atoms with Gasteiger partial charge in [-0.3, -0.25) is 0 Å². The van der Waals surface area contributed by atoms with Crippen molar-refractivity contribution in [1.82, 2.24) is 10.6 Å². The average molecular weight is 230 g/mol. The first kappa shape index (κ1) is 13.9. The van der Waals surface area contributed by atoms with Crippen LogP contribution in [0.5, 0.6) is 0 Å². The fourth-order valence-corrected chi connectivity index (χ4v) is 2.27. The minimum Gasteiger partial charge on any atom is -0.383 e. The van der Waals surface area contributed by atoms with Crippen molar-refractivity contribution in [2.75, 3.05) is 40.5 Å². The molecule has 0 aromatic heterocycles. The molecule has 2 unspecified atom stereocenters. The summed E-state index contributed by atoms with van der Waals surface area (Å²) in [7, 11) is 3.52. The lowest BCUT2D eigenvalue weighted by molar-refractivity contribution is -0.0971. The van der Waals surface area contributed by atoms with Crippen LogP contribution in [0.2, 0.25) is 0 Å². The predicted octanol–water partition coefficient (Wildman–Crippen LogP) is 0.626. The summed E-state index contributed by atoms with van der Waals surface area (Å²) < 4.78 is 10.4. The fourth-order valence-electron chi connectivity index (χ4n) is 2.27. The Morgan fingerprint density at radius 3 is 2.50 bits per heavy atom. The molecular weight excluding hydrogens is 204 g/mol. The van der Waals surface area contributed by atoms with E-state index in [-0.39, 0.29) is 5.41 Å². The number of nitrogens with one attached hydrogen (secondary N) is 2. The Morgan fingerprint density at radius 2 is 1.94 bits per heavy atom. The number of rotatable bonds is 8. The summed E-state index contributed by atoms with van der Waals surface area (Å²) in [5.41, 5.74) is 0.265. The van der Waals surface area contributed by atoms with Crippen molar-refractivity contribution in [3.8, 4) is 0 Å². The minimum atomic E-state index is 0.265. The van der Waals surface area contributed by atoms with Gasteiger partial charge in [-0.05, 0) is 6.42 Å². The van der Waals surface area contributed by atoms with E-state index in [1.807, 2.05) is 0 Å². The normalized spacial score (nSPS) is 27.8. The molecule has 2 atom stereocenters. The number of hydrogen-bond donors (Lipinski definition) is 2. The number of methoxy groups -OCH3 is 2. The second kappa shape index (κ2) is 6.55. The van der Waals surface area contributed by atoms with Gasteiger partial charge in [-0.1, -0.05) is 13.8 Å². The van der Waals surface area contributed by atoms with Crippen molar-refractivity contribution in [2.45, 2.75) is 32.4 Å². The van der Waals surface area contributed by atoms with E-state index in [2.05, 4.69) is 24.5 Å². The lowest BCUT2D eigenvalue weighted by Crippen LogP contribution is -2.61. The third-order valence-electron chi connectivity index (χ3n) is 3.64. The minimum absolute atomic E-state index is 0.265. The van der Waals surface area contributed by atoms with E-state index in [1.54, 1.807) is 14.2 Å². The summed E-state index contributed by atoms with van der Waals surface area (Å²) >= 11 is 0. The SMILES string of the molecule is COCCNCCNC1CC(OC)C1(C)C. The standard InChI is InChI=1S/C12H26N2O2/c1-12(2)10(9-11(12)16-4)14-6-5-13-7-8-15-3/h10-11,13-14H,5-9H2,1-4H3. The largest absolute Gasteiger partial charge is 0.383 e. The average Bonchev–Trinajstić information content (AvgIpc) is 2.26. The molecule has 0 spiro atoms. The molecule has 4 heteroatoms. The highest BCUT2D eigenvalue weighted by Crippen LogP contribution is 2.42. The molecule has 0 saturated heterocycles. The van der Waals surface area contributed by atoms with Gasteiger partial charge in [-0.15, -0.1) is 0 Å². The molecule has 0 bridgehead atoms. The van der Waals surface area contributed by atoms with Crippen LogP contribution in [0, 0.1) is 5.41 Å². The van der Waals surface area contributed by atoms with E-state index in [0.29, 0.717) is 12.1 Å². The van der Waals surface area contributed by atoms with E-state index in [1.165, 1.54) is 0 Å². The summed E-state index contributed by atoms with van der Waals surface area (Å²) in [5, 5.41) is 6.89. The molecule has 96 valence electrons. The number of hydrogen-bond acceptors (Lipinski definition) is 4. The van der Waals surface area contributed by atoms with Gasteiger partial charge < -0.3 is 20.1 Å². The maximum atomic E-state index is 5.42. The number of ether oxygens (including phenoxy) is 2. The van der Waals surface area contributed by atoms with Gasteiger partial charge >= 0.3 is 0 Å². The van der Waals surface area contributed by atoms with Crippen LogP contribution in [-0.2, 0) is 9.47 Å². The first-order valence-corrected chi connectivity index (χ1v) is 6.08. The first-order chi connectivity index (χ1) is 7.62. The van der Waals surface area contributed by atoms with Crippen LogP contribution in [0.4, 0.5) is 0 Å². The van der Waals surface area contributed by atoms with Gasteiger partial charge in [0.15, 0.2) is 0 Å². The Hall–Kier alpha value is -0.160. The van der Waals surface area contributed by atoms with Crippen molar-refractivity contribution in [3.63, 3.8) is 0 Å². The third kappa shape index (κ3) is 3.42. The van der Waals surface area contributed by atoms with Gasteiger partial charge in [-0.2, -0.15) is 0 Å². The van der Waals surface area contributed by atoms with Crippen molar-refractivity contribution in [1.29, 1.82) is 0 Å². The van der Waals surface area contributed by atoms with Crippen molar-refractivity contribution in [3.05, 3.63) is 0 Å². The van der Waals surface area contributed by atoms with Crippen molar-refractivity contribution < 1.29 is 9.47 Å². The maximum Gasteiger partial charge on any atom is 0.0652 e. The molecular formula is C12H26N2O2. The van der Waals surface area contributed by atoms with Gasteiger partial charge in [0.1, 0.15) is 0 Å². The van der Waals surface area contributed by atoms with Gasteiger partial charge in [0, 0.05) is 45.3 Å². The summed E-state index contributed by atoms with van der Waals surface area (Å²) in [4.78, 5) is 0. The monoisotopic (exact) mass is 230 g/mol. The first-order valence-electron chi connectivity index (χ1n) is 6.08. The molecule has 1 fully saturated rings. The quantitative estimate of drug-likeness (QED) is 0.600. The van der Waals surface area contributed by atoms with E-state index in [9.17, 15) is 0 Å². The summed E-state index contributed by atoms with van der Waals surface area (Å²) in [6.07, 6.45) is 1.54. The Morgan fingerprint density at radius 1 is 1.19 bits per heavy atom. The van der Waals surface area contributed by atoms with Gasteiger partial charge in [0.05, 0.1) is 12.7 Å². The molecule has 0 heterocycles. The van der Waals surface area contributed by atoms with Gasteiger partial charge in [-0.25, -0.2) is 0 Å². The summed E-state index contributed by atoms with van der Waals surface area (Å²) in [6.45, 7) is 8.23. The lowest BCUT2D eigenvalue weighted by atomic mass is 9.64. The highest BCUT2D eigenvalue weighted by atomic mass is 16.5. The molecule has 0 aromatic carbocycles. The van der Waals surface area contributed by atoms with Crippen LogP contribution in [0.3, 0.4) is 0 Å². The summed E-state index contributed by atoms with van der Waals surface area (Å²) in [6, 6.07) is 0.585. The van der Waals surface area contributed by atoms with Crippen LogP contribution < -0.4 is 10.6 Å². The van der Waals surface area contributed by atoms with Crippen LogP contribution in [0.1, 0.15) is 20.3 Å². The van der Waals surface area contributed by atoms with Crippen LogP contribution in [-0.4, -0.2) is 52.6 Å². The molecule has 0 aliphatic heterocycles. The Kier molecular flexibility index (Phi) is 5.69. The highest BCUT2D eigenvalue weighted by molar-refractivity contribution is 5.02. The predicted molar refractivity (Wildman–Crippen MR) is 65.7 cm³/mol. The zero-order valence-corrected chi connectivity index (χ0v) is 11.0. The lowest BCUT2D eigenvalue weighted by Gasteiger charge is -2.51. The second-order valence-corrected chi connectivity index (χ2v) is 5.03. The molecule has 0 aromatic rings. The molecule has 0 amide bonds. The molecule has 1 aliphatic rings. The molecule has 1 aliphatic carbocycles. The topological polar surface area (TPSA) is 42.5 Å². The Labute approximate surface area is 99.1 Å². The smallest absolute Gasteiger partial charge is 0.0652 e. The molecule has 0 radical (unpaired) electrons. The van der Waals surface area contributed by atoms with Crippen molar-refractivity contribution in [2.24, 2.45) is 5.41 Å². The van der Waals surface area contributed by atoms with Crippen molar-refractivity contribution >= 4 is 0 Å². The Balaban J connectivity index is 2.03.